The molecule has 1 heterocycles. The number of alkyl halides is 2. The number of nitrogens with zero attached hydrogens (tertiary/aromatic N) is 1. The quantitative estimate of drug-likeness (QED) is 0.895. The van der Waals surface area contributed by atoms with Crippen molar-refractivity contribution in [2.45, 2.75) is 58.3 Å². The molecule has 0 spiro atoms. The molecule has 2 unspecified atom stereocenters. The minimum atomic E-state index is -2.77. The van der Waals surface area contributed by atoms with Gasteiger partial charge in [0, 0.05) is 18.6 Å². The third kappa shape index (κ3) is 4.15. The van der Waals surface area contributed by atoms with Crippen LogP contribution in [0, 0.1) is 0 Å². The van der Waals surface area contributed by atoms with Crippen molar-refractivity contribution in [2.75, 3.05) is 0 Å². The molecule has 1 aliphatic rings. The maximum atomic E-state index is 12.1. The van der Waals surface area contributed by atoms with Crippen LogP contribution in [0.15, 0.2) is 24.3 Å². The maximum Gasteiger partial charge on any atom is 0.387 e. The van der Waals surface area contributed by atoms with Gasteiger partial charge in [-0.15, -0.1) is 0 Å². The molecule has 0 aromatic heterocycles. The van der Waals surface area contributed by atoms with E-state index >= 15 is 0 Å². The Morgan fingerprint density at radius 2 is 1.80 bits per heavy atom. The molecule has 0 bridgehead atoms. The molecule has 1 fully saturated rings. The van der Waals surface area contributed by atoms with Gasteiger partial charge in [0.1, 0.15) is 5.75 Å². The highest BCUT2D eigenvalue weighted by Gasteiger charge is 2.23. The zero-order valence-corrected chi connectivity index (χ0v) is 12.0. The summed E-state index contributed by atoms with van der Waals surface area (Å²) < 4.78 is 28.4. The molecule has 1 aromatic rings. The van der Waals surface area contributed by atoms with Gasteiger partial charge in [-0.1, -0.05) is 18.6 Å². The van der Waals surface area contributed by atoms with E-state index in [0.717, 1.165) is 5.56 Å². The van der Waals surface area contributed by atoms with Gasteiger partial charge in [-0.25, -0.2) is 5.01 Å². The van der Waals surface area contributed by atoms with Crippen LogP contribution in [0.4, 0.5) is 8.78 Å². The first-order valence-corrected chi connectivity index (χ1v) is 7.12. The highest BCUT2D eigenvalue weighted by molar-refractivity contribution is 5.27. The largest absolute Gasteiger partial charge is 0.435 e. The molecule has 1 aliphatic heterocycles. The number of benzene rings is 1. The Morgan fingerprint density at radius 1 is 1.20 bits per heavy atom. The molecule has 0 radical (unpaired) electrons. The van der Waals surface area contributed by atoms with Crippen molar-refractivity contribution in [1.29, 1.82) is 0 Å². The normalized spacial score (nSPS) is 24.1. The summed E-state index contributed by atoms with van der Waals surface area (Å²) in [6.07, 6.45) is 3.69. The molecule has 112 valence electrons. The lowest BCUT2D eigenvalue weighted by molar-refractivity contribution is -0.0498. The summed E-state index contributed by atoms with van der Waals surface area (Å²) in [5.41, 5.74) is 4.49. The minimum absolute atomic E-state index is 0.198. The molecule has 1 aromatic carbocycles. The van der Waals surface area contributed by atoms with E-state index in [2.05, 4.69) is 29.0 Å². The maximum absolute atomic E-state index is 12.1. The van der Waals surface area contributed by atoms with Crippen molar-refractivity contribution in [1.82, 2.24) is 10.4 Å². The van der Waals surface area contributed by atoms with Gasteiger partial charge in [-0.3, -0.25) is 5.43 Å². The van der Waals surface area contributed by atoms with Gasteiger partial charge in [-0.2, -0.15) is 8.78 Å². The number of nitrogens with one attached hydrogen (secondary N) is 1. The van der Waals surface area contributed by atoms with Gasteiger partial charge in [0.2, 0.25) is 0 Å². The van der Waals surface area contributed by atoms with E-state index in [0.29, 0.717) is 18.6 Å². The highest BCUT2D eigenvalue weighted by atomic mass is 19.3. The van der Waals surface area contributed by atoms with Crippen molar-refractivity contribution in [3.63, 3.8) is 0 Å². The van der Waals surface area contributed by atoms with E-state index in [9.17, 15) is 8.78 Å². The number of hydrogen-bond acceptors (Lipinski definition) is 3. The lowest BCUT2D eigenvalue weighted by atomic mass is 10.00. The van der Waals surface area contributed by atoms with Crippen molar-refractivity contribution in [2.24, 2.45) is 0 Å². The van der Waals surface area contributed by atoms with E-state index in [1.807, 2.05) is 12.1 Å². The lowest BCUT2D eigenvalue weighted by Gasteiger charge is -2.39. The molecule has 20 heavy (non-hydrogen) atoms. The van der Waals surface area contributed by atoms with E-state index in [1.54, 1.807) is 12.1 Å². The fourth-order valence-corrected chi connectivity index (χ4v) is 2.70. The molecule has 1 saturated heterocycles. The van der Waals surface area contributed by atoms with Gasteiger partial charge >= 0.3 is 6.61 Å². The van der Waals surface area contributed by atoms with E-state index < -0.39 is 6.61 Å². The summed E-state index contributed by atoms with van der Waals surface area (Å²) >= 11 is 0. The van der Waals surface area contributed by atoms with Gasteiger partial charge < -0.3 is 4.74 Å². The molecule has 0 amide bonds. The van der Waals surface area contributed by atoms with Gasteiger partial charge in [0.15, 0.2) is 0 Å². The van der Waals surface area contributed by atoms with Gasteiger partial charge in [0.05, 0.1) is 0 Å². The van der Waals surface area contributed by atoms with E-state index in [1.165, 1.54) is 19.3 Å². The topological polar surface area (TPSA) is 24.5 Å². The molecule has 2 rings (SSSR count). The first kappa shape index (κ1) is 15.2. The number of rotatable bonds is 5. The smallest absolute Gasteiger partial charge is 0.387 e. The summed E-state index contributed by atoms with van der Waals surface area (Å²) in [5, 5.41) is 2.30. The summed E-state index contributed by atoms with van der Waals surface area (Å²) in [6, 6.07) is 7.83. The van der Waals surface area contributed by atoms with Crippen LogP contribution >= 0.6 is 0 Å². The molecule has 3 nitrogen and oxygen atoms in total. The van der Waals surface area contributed by atoms with E-state index in [4.69, 9.17) is 0 Å². The van der Waals surface area contributed by atoms with Crippen molar-refractivity contribution < 1.29 is 13.5 Å². The fourth-order valence-electron chi connectivity index (χ4n) is 2.70. The summed E-state index contributed by atoms with van der Waals surface area (Å²) in [4.78, 5) is 0. The molecular formula is C15H22F2N2O. The van der Waals surface area contributed by atoms with Crippen molar-refractivity contribution in [3.8, 4) is 5.75 Å². The molecule has 1 N–H and O–H groups in total. The zero-order chi connectivity index (χ0) is 14.5. The summed E-state index contributed by atoms with van der Waals surface area (Å²) in [7, 11) is 0. The van der Waals surface area contributed by atoms with Gasteiger partial charge in [-0.05, 0) is 44.4 Å². The molecular weight excluding hydrogens is 262 g/mol. The first-order chi connectivity index (χ1) is 9.56. The monoisotopic (exact) mass is 284 g/mol. The minimum Gasteiger partial charge on any atom is -0.435 e. The second-order valence-electron chi connectivity index (χ2n) is 5.39. The number of hydrogen-bond donors (Lipinski definition) is 1. The average Bonchev–Trinajstić information content (AvgIpc) is 2.39. The Hall–Kier alpha value is -1.20. The van der Waals surface area contributed by atoms with Crippen LogP contribution in [0.1, 0.15) is 38.7 Å². The second-order valence-corrected chi connectivity index (χ2v) is 5.39. The predicted molar refractivity (Wildman–Crippen MR) is 74.5 cm³/mol. The van der Waals surface area contributed by atoms with Crippen LogP contribution < -0.4 is 10.2 Å². The van der Waals surface area contributed by atoms with Crippen LogP contribution in [0.25, 0.3) is 0 Å². The molecule has 2 atom stereocenters. The Labute approximate surface area is 118 Å². The molecule has 0 saturated carbocycles. The Kier molecular flexibility index (Phi) is 5.31. The SMILES string of the molecule is CC1CCCC(C)N1NCc1ccc(OC(F)F)cc1. The van der Waals surface area contributed by atoms with Crippen molar-refractivity contribution >= 4 is 0 Å². The summed E-state index contributed by atoms with van der Waals surface area (Å²) in [6.45, 7) is 2.38. The second kappa shape index (κ2) is 6.99. The first-order valence-electron chi connectivity index (χ1n) is 7.12. The number of hydrazine groups is 1. The summed E-state index contributed by atoms with van der Waals surface area (Å²) in [5.74, 6) is 0.198. The van der Waals surface area contributed by atoms with Crippen LogP contribution in [0.2, 0.25) is 0 Å². The third-order valence-electron chi connectivity index (χ3n) is 3.81. The lowest BCUT2D eigenvalue weighted by Crippen LogP contribution is -2.51. The van der Waals surface area contributed by atoms with Crippen molar-refractivity contribution in [3.05, 3.63) is 29.8 Å². The standard InChI is InChI=1S/C15H22F2N2O/c1-11-4-3-5-12(2)19(11)18-10-13-6-8-14(9-7-13)20-15(16)17/h6-9,11-12,15,18H,3-5,10H2,1-2H3. The highest BCUT2D eigenvalue weighted by Crippen LogP contribution is 2.21. The Bertz CT molecular complexity index is 401. The number of ether oxygens (including phenoxy) is 1. The molecule has 5 heteroatoms. The van der Waals surface area contributed by atoms with Crippen LogP contribution in [-0.2, 0) is 6.54 Å². The Morgan fingerprint density at radius 3 is 2.35 bits per heavy atom. The fraction of sp³-hybridized carbons (Fsp3) is 0.600. The average molecular weight is 284 g/mol. The number of halogens is 2. The number of piperidine rings is 1. The van der Waals surface area contributed by atoms with Crippen LogP contribution in [0.5, 0.6) is 5.75 Å². The van der Waals surface area contributed by atoms with Crippen LogP contribution in [-0.4, -0.2) is 23.7 Å². The van der Waals surface area contributed by atoms with Gasteiger partial charge in [0.25, 0.3) is 0 Å². The predicted octanol–water partition coefficient (Wildman–Crippen LogP) is 3.56. The Balaban J connectivity index is 1.87. The third-order valence-corrected chi connectivity index (χ3v) is 3.81. The zero-order valence-electron chi connectivity index (χ0n) is 12.0. The van der Waals surface area contributed by atoms with E-state index in [-0.39, 0.29) is 5.75 Å². The molecule has 0 aliphatic carbocycles. The van der Waals surface area contributed by atoms with Crippen LogP contribution in [0.3, 0.4) is 0 Å².